The molecule has 0 unspecified atom stereocenters. The zero-order chi connectivity index (χ0) is 17.1. The summed E-state index contributed by atoms with van der Waals surface area (Å²) in [7, 11) is 0. The summed E-state index contributed by atoms with van der Waals surface area (Å²) in [6, 6.07) is 19.0. The summed E-state index contributed by atoms with van der Waals surface area (Å²) in [5.74, 6) is 0.193. The van der Waals surface area contributed by atoms with Crippen molar-refractivity contribution in [1.29, 1.82) is 0 Å². The molecule has 0 aliphatic carbocycles. The fourth-order valence-corrected chi connectivity index (χ4v) is 3.18. The van der Waals surface area contributed by atoms with Gasteiger partial charge in [0.05, 0.1) is 0 Å². The van der Waals surface area contributed by atoms with Crippen molar-refractivity contribution in [2.75, 3.05) is 5.32 Å². The molecule has 0 aromatic heterocycles. The van der Waals surface area contributed by atoms with E-state index in [1.54, 1.807) is 6.92 Å². The van der Waals surface area contributed by atoms with E-state index in [0.29, 0.717) is 6.42 Å². The number of aryl methyl sites for hydroxylation is 2. The van der Waals surface area contributed by atoms with Gasteiger partial charge in [-0.05, 0) is 65.9 Å². The molecule has 122 valence electrons. The van der Waals surface area contributed by atoms with Gasteiger partial charge in [0, 0.05) is 18.7 Å². The van der Waals surface area contributed by atoms with Gasteiger partial charge in [0.1, 0.15) is 5.78 Å². The summed E-state index contributed by atoms with van der Waals surface area (Å²) in [5, 5.41) is 6.14. The van der Waals surface area contributed by atoms with Gasteiger partial charge in [0.25, 0.3) is 0 Å². The van der Waals surface area contributed by atoms with Crippen LogP contribution in [0.15, 0.2) is 54.6 Å². The lowest BCUT2D eigenvalue weighted by Gasteiger charge is -2.14. The van der Waals surface area contributed by atoms with E-state index in [1.165, 1.54) is 27.5 Å². The highest BCUT2D eigenvalue weighted by Gasteiger charge is 2.06. The van der Waals surface area contributed by atoms with Crippen LogP contribution in [0.3, 0.4) is 0 Å². The molecule has 3 rings (SSSR count). The number of nitrogens with one attached hydrogen (secondary N) is 1. The predicted molar refractivity (Wildman–Crippen MR) is 102 cm³/mol. The molecule has 0 heterocycles. The summed E-state index contributed by atoms with van der Waals surface area (Å²) in [4.78, 5) is 11.2. The molecule has 2 heteroatoms. The second-order valence-corrected chi connectivity index (χ2v) is 6.45. The number of carbonyl (C=O) groups excluding carboxylic acids is 1. The Kier molecular flexibility index (Phi) is 4.66. The molecule has 0 spiro atoms. The normalized spacial score (nSPS) is 10.8. The molecule has 0 radical (unpaired) electrons. The first kappa shape index (κ1) is 16.3. The lowest BCUT2D eigenvalue weighted by molar-refractivity contribution is -0.116. The van der Waals surface area contributed by atoms with Gasteiger partial charge in [-0.1, -0.05) is 42.5 Å². The smallest absolute Gasteiger partial charge is 0.134 e. The largest absolute Gasteiger partial charge is 0.381 e. The first-order chi connectivity index (χ1) is 11.5. The van der Waals surface area contributed by atoms with Crippen LogP contribution in [0, 0.1) is 13.8 Å². The molecule has 3 aromatic carbocycles. The van der Waals surface area contributed by atoms with Gasteiger partial charge < -0.3 is 5.32 Å². The SMILES string of the molecule is CC(=O)Cc1ccc(NCc2cc(C)c3ccccc3c2C)cc1. The quantitative estimate of drug-likeness (QED) is 0.700. The average Bonchev–Trinajstić information content (AvgIpc) is 2.58. The summed E-state index contributed by atoms with van der Waals surface area (Å²) in [6.07, 6.45) is 0.503. The predicted octanol–water partition coefficient (Wildman–Crippen LogP) is 5.20. The molecular weight excluding hydrogens is 294 g/mol. The maximum Gasteiger partial charge on any atom is 0.134 e. The van der Waals surface area contributed by atoms with Gasteiger partial charge in [0.2, 0.25) is 0 Å². The molecule has 0 atom stereocenters. The average molecular weight is 317 g/mol. The van der Waals surface area contributed by atoms with Crippen LogP contribution >= 0.6 is 0 Å². The van der Waals surface area contributed by atoms with Crippen LogP contribution in [0.5, 0.6) is 0 Å². The molecule has 0 aliphatic heterocycles. The second kappa shape index (κ2) is 6.88. The summed E-state index contributed by atoms with van der Waals surface area (Å²) < 4.78 is 0. The molecule has 1 N–H and O–H groups in total. The number of rotatable bonds is 5. The number of hydrogen-bond donors (Lipinski definition) is 1. The van der Waals surface area contributed by atoms with Gasteiger partial charge in [-0.15, -0.1) is 0 Å². The van der Waals surface area contributed by atoms with E-state index in [4.69, 9.17) is 0 Å². The highest BCUT2D eigenvalue weighted by Crippen LogP contribution is 2.26. The van der Waals surface area contributed by atoms with Crippen LogP contribution in [0.1, 0.15) is 29.2 Å². The molecule has 3 aromatic rings. The van der Waals surface area contributed by atoms with Crippen LogP contribution in [-0.2, 0) is 17.8 Å². The molecule has 2 nitrogen and oxygen atoms in total. The van der Waals surface area contributed by atoms with E-state index in [2.05, 4.69) is 49.5 Å². The third kappa shape index (κ3) is 3.48. The van der Waals surface area contributed by atoms with Gasteiger partial charge in [-0.25, -0.2) is 0 Å². The highest BCUT2D eigenvalue weighted by atomic mass is 16.1. The minimum atomic E-state index is 0.193. The van der Waals surface area contributed by atoms with Crippen molar-refractivity contribution < 1.29 is 4.79 Å². The molecule has 0 amide bonds. The maximum atomic E-state index is 11.2. The lowest BCUT2D eigenvalue weighted by atomic mass is 9.96. The fraction of sp³-hybridized carbons (Fsp3) is 0.227. The molecule has 0 aliphatic rings. The monoisotopic (exact) mass is 317 g/mol. The van der Waals surface area contributed by atoms with Crippen molar-refractivity contribution in [3.63, 3.8) is 0 Å². The summed E-state index contributed by atoms with van der Waals surface area (Å²) in [5.41, 5.74) is 6.10. The highest BCUT2D eigenvalue weighted by molar-refractivity contribution is 5.89. The Labute approximate surface area is 143 Å². The lowest BCUT2D eigenvalue weighted by Crippen LogP contribution is -2.03. The number of Topliss-reactive ketones (excluding diaryl/α,β-unsaturated/α-hetero) is 1. The topological polar surface area (TPSA) is 29.1 Å². The molecule has 0 saturated heterocycles. The number of carbonyl (C=O) groups is 1. The van der Waals surface area contributed by atoms with Crippen molar-refractivity contribution in [3.05, 3.63) is 76.9 Å². The first-order valence-electron chi connectivity index (χ1n) is 8.34. The summed E-state index contributed by atoms with van der Waals surface area (Å²) in [6.45, 7) is 6.77. The molecule has 0 saturated carbocycles. The van der Waals surface area contributed by atoms with Crippen molar-refractivity contribution >= 4 is 22.2 Å². The number of hydrogen-bond acceptors (Lipinski definition) is 2. The van der Waals surface area contributed by atoms with E-state index in [0.717, 1.165) is 17.8 Å². The number of anilines is 1. The Morgan fingerprint density at radius 3 is 2.29 bits per heavy atom. The number of ketones is 1. The fourth-order valence-electron chi connectivity index (χ4n) is 3.18. The van der Waals surface area contributed by atoms with E-state index in [9.17, 15) is 4.79 Å². The first-order valence-corrected chi connectivity index (χ1v) is 8.34. The Hall–Kier alpha value is -2.61. The molecule has 0 bridgehead atoms. The Bertz CT molecular complexity index is 878. The van der Waals surface area contributed by atoms with Crippen LogP contribution in [0.25, 0.3) is 10.8 Å². The van der Waals surface area contributed by atoms with Crippen molar-refractivity contribution in [2.45, 2.75) is 33.7 Å². The zero-order valence-electron chi connectivity index (χ0n) is 14.5. The maximum absolute atomic E-state index is 11.2. The van der Waals surface area contributed by atoms with Crippen LogP contribution < -0.4 is 5.32 Å². The van der Waals surface area contributed by atoms with Crippen molar-refractivity contribution in [2.24, 2.45) is 0 Å². The van der Waals surface area contributed by atoms with Gasteiger partial charge in [-0.3, -0.25) is 4.79 Å². The van der Waals surface area contributed by atoms with Crippen LogP contribution in [-0.4, -0.2) is 5.78 Å². The molecular formula is C22H23NO. The summed E-state index contributed by atoms with van der Waals surface area (Å²) >= 11 is 0. The van der Waals surface area contributed by atoms with E-state index in [-0.39, 0.29) is 5.78 Å². The standard InChI is InChI=1S/C22H23NO/c1-15-12-19(17(3)22-7-5-4-6-21(15)22)14-23-20-10-8-18(9-11-20)13-16(2)24/h4-12,23H,13-14H2,1-3H3. The molecule has 24 heavy (non-hydrogen) atoms. The minimum Gasteiger partial charge on any atom is -0.381 e. The number of fused-ring (bicyclic) bond motifs is 1. The third-order valence-electron chi connectivity index (χ3n) is 4.52. The second-order valence-electron chi connectivity index (χ2n) is 6.45. The zero-order valence-corrected chi connectivity index (χ0v) is 14.5. The molecule has 0 fully saturated rings. The van der Waals surface area contributed by atoms with Gasteiger partial charge >= 0.3 is 0 Å². The third-order valence-corrected chi connectivity index (χ3v) is 4.52. The number of benzene rings is 3. The minimum absolute atomic E-state index is 0.193. The Morgan fingerprint density at radius 1 is 0.958 bits per heavy atom. The van der Waals surface area contributed by atoms with Crippen LogP contribution in [0.4, 0.5) is 5.69 Å². The van der Waals surface area contributed by atoms with Gasteiger partial charge in [-0.2, -0.15) is 0 Å². The van der Waals surface area contributed by atoms with Crippen LogP contribution in [0.2, 0.25) is 0 Å². The van der Waals surface area contributed by atoms with E-state index < -0.39 is 0 Å². The van der Waals surface area contributed by atoms with Crippen molar-refractivity contribution in [3.8, 4) is 0 Å². The van der Waals surface area contributed by atoms with E-state index >= 15 is 0 Å². The Balaban J connectivity index is 1.78. The van der Waals surface area contributed by atoms with Gasteiger partial charge in [0.15, 0.2) is 0 Å². The Morgan fingerprint density at radius 2 is 1.62 bits per heavy atom. The van der Waals surface area contributed by atoms with E-state index in [1.807, 2.05) is 24.3 Å². The van der Waals surface area contributed by atoms with Crippen molar-refractivity contribution in [1.82, 2.24) is 0 Å².